The average molecular weight is 606 g/mol. The number of ether oxygens (including phenoxy) is 1. The molecular weight excluding hydrogens is 589 g/mol. The fourth-order valence-corrected chi connectivity index (χ4v) is 4.62. The molecule has 0 aromatic heterocycles. The molecule has 1 fully saturated rings. The quantitative estimate of drug-likeness (QED) is 0.227. The van der Waals surface area contributed by atoms with Crippen LogP contribution in [-0.4, -0.2) is 16.0 Å². The Morgan fingerprint density at radius 2 is 1.71 bits per heavy atom. The van der Waals surface area contributed by atoms with Gasteiger partial charge in [0.25, 0.3) is 11.1 Å². The normalized spacial score (nSPS) is 15.0. The smallest absolute Gasteiger partial charge is 0.293 e. The summed E-state index contributed by atoms with van der Waals surface area (Å²) in [5, 5.41) is -0.267. The van der Waals surface area contributed by atoms with Crippen LogP contribution < -0.4 is 4.74 Å². The highest BCUT2D eigenvalue weighted by atomic mass is 127. The lowest BCUT2D eigenvalue weighted by Gasteiger charge is -2.12. The molecule has 0 N–H and O–H groups in total. The Morgan fingerprint density at radius 1 is 0.968 bits per heavy atom. The van der Waals surface area contributed by atoms with Crippen molar-refractivity contribution in [3.8, 4) is 5.75 Å². The van der Waals surface area contributed by atoms with Gasteiger partial charge in [0, 0.05) is 13.6 Å². The Morgan fingerprint density at radius 3 is 2.45 bits per heavy atom. The first-order valence-corrected chi connectivity index (χ1v) is 12.1. The van der Waals surface area contributed by atoms with Gasteiger partial charge in [0.1, 0.15) is 12.4 Å². The molecule has 1 aliphatic rings. The summed E-state index contributed by atoms with van der Waals surface area (Å²) in [5.74, 6) is 0.360. The molecule has 1 heterocycles. The summed E-state index contributed by atoms with van der Waals surface area (Å²) in [7, 11) is 0. The van der Waals surface area contributed by atoms with E-state index in [9.17, 15) is 9.59 Å². The lowest BCUT2D eigenvalue weighted by Crippen LogP contribution is -2.27. The predicted molar refractivity (Wildman–Crippen MR) is 136 cm³/mol. The molecule has 0 radical (unpaired) electrons. The summed E-state index contributed by atoms with van der Waals surface area (Å²) >= 11 is 6.65. The van der Waals surface area contributed by atoms with Gasteiger partial charge in [-0.1, -0.05) is 58.4 Å². The zero-order valence-electron chi connectivity index (χ0n) is 16.3. The van der Waals surface area contributed by atoms with Crippen LogP contribution >= 0.6 is 50.3 Å². The first-order valence-electron chi connectivity index (χ1n) is 9.46. The minimum atomic E-state index is -0.289. The Labute approximate surface area is 206 Å². The van der Waals surface area contributed by atoms with E-state index < -0.39 is 0 Å². The Bertz CT molecular complexity index is 1150. The molecule has 3 aromatic carbocycles. The third kappa shape index (κ3) is 5.58. The van der Waals surface area contributed by atoms with Crippen molar-refractivity contribution in [2.45, 2.75) is 13.2 Å². The van der Waals surface area contributed by atoms with Crippen LogP contribution in [0, 0.1) is 3.57 Å². The molecular formula is C24H17BrINO3S. The zero-order valence-corrected chi connectivity index (χ0v) is 20.8. The molecule has 7 heteroatoms. The summed E-state index contributed by atoms with van der Waals surface area (Å²) in [6, 6.07) is 23.3. The third-order valence-corrected chi connectivity index (χ3v) is 6.74. The first kappa shape index (κ1) is 22.1. The fraction of sp³-hybridized carbons (Fsp3) is 0.0833. The maximum atomic E-state index is 12.9. The van der Waals surface area contributed by atoms with Crippen LogP contribution in [0.4, 0.5) is 4.79 Å². The van der Waals surface area contributed by atoms with Crippen LogP contribution in [0.5, 0.6) is 5.75 Å². The number of rotatable bonds is 6. The fourth-order valence-electron chi connectivity index (χ4n) is 3.05. The van der Waals surface area contributed by atoms with E-state index in [-0.39, 0.29) is 17.7 Å². The van der Waals surface area contributed by atoms with Crippen molar-refractivity contribution in [1.29, 1.82) is 0 Å². The highest BCUT2D eigenvalue weighted by Gasteiger charge is 2.35. The van der Waals surface area contributed by atoms with Crippen molar-refractivity contribution in [1.82, 2.24) is 4.90 Å². The van der Waals surface area contributed by atoms with E-state index >= 15 is 0 Å². The SMILES string of the molecule is O=C1S/C(=C\c2cc(Br)ccc2OCc2ccccc2)C(=O)N1Cc1ccc(I)cc1. The number of hydrogen-bond acceptors (Lipinski definition) is 4. The van der Waals surface area contributed by atoms with Gasteiger partial charge in [-0.2, -0.15) is 0 Å². The largest absolute Gasteiger partial charge is 0.488 e. The monoisotopic (exact) mass is 605 g/mol. The van der Waals surface area contributed by atoms with Gasteiger partial charge >= 0.3 is 0 Å². The molecule has 4 rings (SSSR count). The minimum absolute atomic E-state index is 0.259. The van der Waals surface area contributed by atoms with Crippen LogP contribution in [0.2, 0.25) is 0 Å². The molecule has 0 aliphatic carbocycles. The molecule has 2 amide bonds. The van der Waals surface area contributed by atoms with Gasteiger partial charge in [0.05, 0.1) is 11.4 Å². The lowest BCUT2D eigenvalue weighted by molar-refractivity contribution is -0.123. The van der Waals surface area contributed by atoms with E-state index in [2.05, 4.69) is 38.5 Å². The van der Waals surface area contributed by atoms with Crippen molar-refractivity contribution in [2.75, 3.05) is 0 Å². The molecule has 156 valence electrons. The number of imide groups is 1. The number of amides is 2. The Balaban J connectivity index is 1.55. The highest BCUT2D eigenvalue weighted by Crippen LogP contribution is 2.36. The van der Waals surface area contributed by atoms with Crippen molar-refractivity contribution in [2.24, 2.45) is 0 Å². The standard InChI is InChI=1S/C24H17BrINO3S/c25-19-8-11-21(30-15-17-4-2-1-3-5-17)18(12-19)13-22-23(28)27(24(29)31-22)14-16-6-9-20(26)10-7-16/h1-13H,14-15H2/b22-13-. The average Bonchev–Trinajstić information content (AvgIpc) is 3.03. The molecule has 0 unspecified atom stereocenters. The maximum absolute atomic E-state index is 12.9. The number of benzene rings is 3. The van der Waals surface area contributed by atoms with E-state index in [0.29, 0.717) is 17.3 Å². The van der Waals surface area contributed by atoms with Gasteiger partial charge in [-0.25, -0.2) is 0 Å². The van der Waals surface area contributed by atoms with E-state index in [1.807, 2.05) is 72.8 Å². The number of hydrogen-bond donors (Lipinski definition) is 0. The summed E-state index contributed by atoms with van der Waals surface area (Å²) in [6.45, 7) is 0.673. The Hall–Kier alpha value is -2.10. The van der Waals surface area contributed by atoms with Crippen LogP contribution in [0.3, 0.4) is 0 Å². The van der Waals surface area contributed by atoms with E-state index in [4.69, 9.17) is 4.74 Å². The van der Waals surface area contributed by atoms with Gasteiger partial charge in [-0.05, 0) is 81.9 Å². The summed E-state index contributed by atoms with van der Waals surface area (Å²) in [4.78, 5) is 27.1. The topological polar surface area (TPSA) is 46.6 Å². The molecule has 4 nitrogen and oxygen atoms in total. The first-order chi connectivity index (χ1) is 15.0. The molecule has 0 bridgehead atoms. The van der Waals surface area contributed by atoms with Crippen molar-refractivity contribution >= 4 is 67.5 Å². The zero-order chi connectivity index (χ0) is 21.8. The van der Waals surface area contributed by atoms with Crippen LogP contribution in [0.1, 0.15) is 16.7 Å². The van der Waals surface area contributed by atoms with E-state index in [1.165, 1.54) is 4.90 Å². The molecule has 1 aliphatic heterocycles. The van der Waals surface area contributed by atoms with Crippen molar-refractivity contribution in [3.05, 3.63) is 102 Å². The van der Waals surface area contributed by atoms with E-state index in [1.54, 1.807) is 6.08 Å². The summed E-state index contributed by atoms with van der Waals surface area (Å²) < 4.78 is 7.97. The molecule has 0 spiro atoms. The molecule has 0 saturated carbocycles. The summed E-state index contributed by atoms with van der Waals surface area (Å²) in [6.07, 6.45) is 1.73. The van der Waals surface area contributed by atoms with E-state index in [0.717, 1.165) is 36.5 Å². The predicted octanol–water partition coefficient (Wildman–Crippen LogP) is 6.87. The van der Waals surface area contributed by atoms with Gasteiger partial charge in [0.2, 0.25) is 0 Å². The summed E-state index contributed by atoms with van der Waals surface area (Å²) in [5.41, 5.74) is 2.71. The van der Waals surface area contributed by atoms with Gasteiger partial charge in [-0.15, -0.1) is 0 Å². The van der Waals surface area contributed by atoms with Gasteiger partial charge in [-0.3, -0.25) is 14.5 Å². The lowest BCUT2D eigenvalue weighted by atomic mass is 10.1. The van der Waals surface area contributed by atoms with Crippen LogP contribution in [0.15, 0.2) is 82.2 Å². The van der Waals surface area contributed by atoms with Crippen molar-refractivity contribution < 1.29 is 14.3 Å². The van der Waals surface area contributed by atoms with Crippen molar-refractivity contribution in [3.63, 3.8) is 0 Å². The molecule has 1 saturated heterocycles. The maximum Gasteiger partial charge on any atom is 0.293 e. The highest BCUT2D eigenvalue weighted by molar-refractivity contribution is 14.1. The second-order valence-corrected chi connectivity index (χ2v) is 10.0. The number of halogens is 2. The Kier molecular flexibility index (Phi) is 7.14. The second-order valence-electron chi connectivity index (χ2n) is 6.85. The molecule has 31 heavy (non-hydrogen) atoms. The molecule has 0 atom stereocenters. The number of carbonyl (C=O) groups is 2. The number of nitrogens with zero attached hydrogens (tertiary/aromatic N) is 1. The van der Waals surface area contributed by atoms with Gasteiger partial charge < -0.3 is 4.74 Å². The third-order valence-electron chi connectivity index (χ3n) is 4.62. The van der Waals surface area contributed by atoms with Gasteiger partial charge in [0.15, 0.2) is 0 Å². The van der Waals surface area contributed by atoms with Crippen LogP contribution in [0.25, 0.3) is 6.08 Å². The number of carbonyl (C=O) groups excluding carboxylic acids is 2. The minimum Gasteiger partial charge on any atom is -0.488 e. The van der Waals surface area contributed by atoms with Crippen LogP contribution in [-0.2, 0) is 17.9 Å². The number of thioether (sulfide) groups is 1. The second kappa shape index (κ2) is 10.0. The molecule has 3 aromatic rings.